The van der Waals surface area contributed by atoms with E-state index in [0.29, 0.717) is 0 Å². The Morgan fingerprint density at radius 2 is 1.59 bits per heavy atom. The van der Waals surface area contributed by atoms with Crippen LogP contribution >= 0.6 is 11.3 Å². The maximum atomic E-state index is 8.49. The minimum atomic E-state index is -4.94. The first-order chi connectivity index (χ1) is 7.66. The zero-order valence-corrected chi connectivity index (χ0v) is 11.1. The van der Waals surface area contributed by atoms with E-state index in [4.69, 9.17) is 23.1 Å². The maximum absolute atomic E-state index is 8.49. The molecule has 2 heterocycles. The van der Waals surface area contributed by atoms with Gasteiger partial charge >= 0.3 is 11.5 Å². The third kappa shape index (κ3) is 4.95. The highest BCUT2D eigenvalue weighted by molar-refractivity contribution is 7.19. The average molecular weight is 279 g/mol. The van der Waals surface area contributed by atoms with Gasteiger partial charge in [0, 0.05) is 4.88 Å². The van der Waals surface area contributed by atoms with Crippen LogP contribution in [0.2, 0.25) is 0 Å². The molecule has 0 atom stereocenters. The molecule has 2 aromatic rings. The van der Waals surface area contributed by atoms with Gasteiger partial charge in [-0.15, -0.1) is 21.6 Å². The third-order valence-electron chi connectivity index (χ3n) is 1.91. The fraction of sp³-hybridized carbons (Fsp3) is 0.300. The zero-order valence-electron chi connectivity index (χ0n) is 9.48. The van der Waals surface area contributed by atoms with Crippen molar-refractivity contribution in [2.24, 2.45) is 0 Å². The van der Waals surface area contributed by atoms with E-state index in [-0.39, 0.29) is 0 Å². The SMILES string of the molecule is Cc1cc2sc(C)cc2c(C)[o+]1.[O-][Cl+3]([O-])([O-])[O-]. The van der Waals surface area contributed by atoms with Crippen LogP contribution in [0.1, 0.15) is 16.4 Å². The van der Waals surface area contributed by atoms with E-state index < -0.39 is 10.2 Å². The molecule has 0 bridgehead atoms. The third-order valence-corrected chi connectivity index (χ3v) is 2.91. The molecule has 0 aliphatic heterocycles. The monoisotopic (exact) mass is 278 g/mol. The number of aryl methyl sites for hydroxylation is 3. The van der Waals surface area contributed by atoms with E-state index in [1.807, 2.05) is 25.2 Å². The molecular weight excluding hydrogens is 268 g/mol. The molecule has 0 radical (unpaired) electrons. The van der Waals surface area contributed by atoms with Crippen molar-refractivity contribution in [3.8, 4) is 0 Å². The Morgan fingerprint density at radius 1 is 1.06 bits per heavy atom. The van der Waals surface area contributed by atoms with Crippen molar-refractivity contribution < 1.29 is 33.3 Å². The van der Waals surface area contributed by atoms with Crippen LogP contribution in [0.15, 0.2) is 16.5 Å². The Kier molecular flexibility index (Phi) is 4.42. The van der Waals surface area contributed by atoms with Crippen molar-refractivity contribution in [1.82, 2.24) is 0 Å². The first kappa shape index (κ1) is 14.3. The van der Waals surface area contributed by atoms with Crippen molar-refractivity contribution in [3.63, 3.8) is 0 Å². The molecule has 94 valence electrons. The van der Waals surface area contributed by atoms with Crippen LogP contribution < -0.4 is 18.6 Å². The molecule has 7 heteroatoms. The molecule has 0 saturated heterocycles. The normalized spacial score (nSPS) is 11.2. The van der Waals surface area contributed by atoms with Gasteiger partial charge in [0.25, 0.3) is 0 Å². The van der Waals surface area contributed by atoms with Crippen molar-refractivity contribution in [1.29, 1.82) is 0 Å². The Hall–Kier alpha value is -0.760. The van der Waals surface area contributed by atoms with Gasteiger partial charge in [0.2, 0.25) is 0 Å². The van der Waals surface area contributed by atoms with Crippen LogP contribution in [-0.2, 0) is 0 Å². The van der Waals surface area contributed by atoms with E-state index in [1.165, 1.54) is 15.0 Å². The van der Waals surface area contributed by atoms with Crippen LogP contribution in [0.5, 0.6) is 0 Å². The first-order valence-electron chi connectivity index (χ1n) is 4.59. The van der Waals surface area contributed by atoms with Gasteiger partial charge in [0.15, 0.2) is 0 Å². The second kappa shape index (κ2) is 5.26. The van der Waals surface area contributed by atoms with Gasteiger partial charge < -0.3 is 0 Å². The molecule has 0 fully saturated rings. The highest BCUT2D eigenvalue weighted by Crippen LogP contribution is 2.28. The molecular formula is C10H11ClO5S. The summed E-state index contributed by atoms with van der Waals surface area (Å²) in [5, 5.41) is 1.25. The average Bonchev–Trinajstić information content (AvgIpc) is 2.42. The summed E-state index contributed by atoms with van der Waals surface area (Å²) in [5.74, 6) is 2.01. The minimum absolute atomic E-state index is 0.988. The fourth-order valence-electron chi connectivity index (χ4n) is 1.43. The molecule has 0 spiro atoms. The summed E-state index contributed by atoms with van der Waals surface area (Å²) in [6.45, 7) is 6.13. The van der Waals surface area contributed by atoms with Crippen molar-refractivity contribution in [2.45, 2.75) is 20.8 Å². The van der Waals surface area contributed by atoms with Gasteiger partial charge in [-0.05, 0) is 13.0 Å². The molecule has 2 aromatic heterocycles. The highest BCUT2D eigenvalue weighted by atomic mass is 35.7. The van der Waals surface area contributed by atoms with Gasteiger partial charge in [-0.25, -0.2) is 23.1 Å². The van der Waals surface area contributed by atoms with Gasteiger partial charge in [0.05, 0.1) is 30.0 Å². The van der Waals surface area contributed by atoms with Gasteiger partial charge in [-0.2, -0.15) is 0 Å². The molecule has 2 rings (SSSR count). The number of halogens is 1. The number of fused-ring (bicyclic) bond motifs is 1. The van der Waals surface area contributed by atoms with E-state index in [0.717, 1.165) is 11.5 Å². The van der Waals surface area contributed by atoms with Gasteiger partial charge in [-0.1, -0.05) is 0 Å². The number of hydrogen-bond acceptors (Lipinski definition) is 5. The largest absolute Gasteiger partial charge is 0.335 e. The summed E-state index contributed by atoms with van der Waals surface area (Å²) in [5.41, 5.74) is 0. The Labute approximate surface area is 104 Å². The van der Waals surface area contributed by atoms with Crippen LogP contribution in [0.4, 0.5) is 0 Å². The fourth-order valence-corrected chi connectivity index (χ4v) is 2.49. The molecule has 0 aliphatic rings. The van der Waals surface area contributed by atoms with Gasteiger partial charge in [-0.3, -0.25) is 0 Å². The predicted octanol–water partition coefficient (Wildman–Crippen LogP) is -1.06. The summed E-state index contributed by atoms with van der Waals surface area (Å²) in [7, 11) is -4.94. The molecule has 0 aliphatic carbocycles. The van der Waals surface area contributed by atoms with E-state index in [9.17, 15) is 0 Å². The summed E-state index contributed by atoms with van der Waals surface area (Å²) in [4.78, 5) is 1.34. The summed E-state index contributed by atoms with van der Waals surface area (Å²) in [6.07, 6.45) is 0. The lowest BCUT2D eigenvalue weighted by molar-refractivity contribution is -2.00. The van der Waals surface area contributed by atoms with E-state index >= 15 is 0 Å². The lowest BCUT2D eigenvalue weighted by Crippen LogP contribution is -2.68. The Bertz CT molecular complexity index is 511. The number of thiophene rings is 1. The van der Waals surface area contributed by atoms with Crippen LogP contribution in [0.25, 0.3) is 10.1 Å². The van der Waals surface area contributed by atoms with Crippen LogP contribution in [0, 0.1) is 31.0 Å². The molecule has 0 amide bonds. The molecule has 0 unspecified atom stereocenters. The Morgan fingerprint density at radius 3 is 2.12 bits per heavy atom. The first-order valence-corrected chi connectivity index (χ1v) is 6.64. The maximum Gasteiger partial charge on any atom is 0.335 e. The molecule has 0 aromatic carbocycles. The zero-order chi connectivity index (χ0) is 13.2. The molecule has 5 nitrogen and oxygen atoms in total. The summed E-state index contributed by atoms with van der Waals surface area (Å²) in [6, 6.07) is 4.28. The summed E-state index contributed by atoms with van der Waals surface area (Å²) < 4.78 is 40.8. The number of rotatable bonds is 0. The van der Waals surface area contributed by atoms with E-state index in [2.05, 4.69) is 19.1 Å². The highest BCUT2D eigenvalue weighted by Gasteiger charge is 2.13. The molecule has 0 N–H and O–H groups in total. The second-order valence-electron chi connectivity index (χ2n) is 3.43. The smallest absolute Gasteiger partial charge is 0.222 e. The van der Waals surface area contributed by atoms with Gasteiger partial charge in [0.1, 0.15) is 0 Å². The second-order valence-corrected chi connectivity index (χ2v) is 5.47. The Balaban J connectivity index is 0.000000249. The van der Waals surface area contributed by atoms with E-state index in [1.54, 1.807) is 0 Å². The molecule has 0 saturated carbocycles. The van der Waals surface area contributed by atoms with Crippen molar-refractivity contribution >= 4 is 21.4 Å². The summed E-state index contributed by atoms with van der Waals surface area (Å²) >= 11 is 1.82. The van der Waals surface area contributed by atoms with Crippen LogP contribution in [-0.4, -0.2) is 0 Å². The topological polar surface area (TPSA) is 104 Å². The molecule has 17 heavy (non-hydrogen) atoms. The van der Waals surface area contributed by atoms with Crippen molar-refractivity contribution in [3.05, 3.63) is 28.5 Å². The number of hydrogen-bond donors (Lipinski definition) is 0. The predicted molar refractivity (Wildman–Crippen MR) is 52.7 cm³/mol. The lowest BCUT2D eigenvalue weighted by Gasteiger charge is -2.17. The van der Waals surface area contributed by atoms with Crippen molar-refractivity contribution in [2.75, 3.05) is 0 Å². The lowest BCUT2D eigenvalue weighted by atomic mass is 10.2. The standard InChI is InChI=1S/C10H11OS.ClHO4/c1-6-4-10-9(8(3)11-6)5-7(2)12-10;2-1(3,4)5/h4-5H,1-3H3;(H,2,3,4,5)/q+1;/p-1. The van der Waals surface area contributed by atoms with Crippen LogP contribution in [0.3, 0.4) is 0 Å². The minimum Gasteiger partial charge on any atom is -0.222 e. The quantitative estimate of drug-likeness (QED) is 0.572.